The molecule has 1 aromatic carbocycles. The highest BCUT2D eigenvalue weighted by Crippen LogP contribution is 2.11. The smallest absolute Gasteiger partial charge is 0.251 e. The minimum atomic E-state index is -0.394. The van der Waals surface area contributed by atoms with Crippen molar-refractivity contribution in [1.29, 1.82) is 0 Å². The molecule has 1 saturated heterocycles. The minimum absolute atomic E-state index is 0.0767. The summed E-state index contributed by atoms with van der Waals surface area (Å²) in [7, 11) is 0. The van der Waals surface area contributed by atoms with Crippen LogP contribution in [0.15, 0.2) is 24.3 Å². The van der Waals surface area contributed by atoms with E-state index < -0.39 is 6.04 Å². The quantitative estimate of drug-likeness (QED) is 0.761. The van der Waals surface area contributed by atoms with Crippen molar-refractivity contribution in [2.75, 3.05) is 6.54 Å². The zero-order valence-corrected chi connectivity index (χ0v) is 13.4. The van der Waals surface area contributed by atoms with Crippen LogP contribution in [0.3, 0.4) is 0 Å². The first kappa shape index (κ1) is 16.5. The molecule has 1 aromatic rings. The first-order chi connectivity index (χ1) is 10.7. The van der Waals surface area contributed by atoms with E-state index in [1.807, 2.05) is 24.3 Å². The molecule has 0 aromatic heterocycles. The maximum absolute atomic E-state index is 12.2. The molecule has 1 aliphatic heterocycles. The van der Waals surface area contributed by atoms with Gasteiger partial charge in [0, 0.05) is 12.1 Å². The molecule has 0 spiro atoms. The van der Waals surface area contributed by atoms with Crippen LogP contribution in [0.5, 0.6) is 0 Å². The number of piperidine rings is 1. The standard InChI is InChI=1S/C18H26N2O2/c1-2-3-4-5-7-14-9-11-15(12-10-14)17(21)20-16-8-6-13-19-18(16)22/h9-12,16H,2-8,13H2,1H3,(H,19,22)(H,20,21)/t16-/m1/s1. The van der Waals surface area contributed by atoms with Gasteiger partial charge in [0.05, 0.1) is 0 Å². The first-order valence-electron chi connectivity index (χ1n) is 8.38. The number of nitrogens with one attached hydrogen (secondary N) is 2. The van der Waals surface area contributed by atoms with Gasteiger partial charge in [-0.1, -0.05) is 38.3 Å². The van der Waals surface area contributed by atoms with E-state index in [1.165, 1.54) is 31.2 Å². The van der Waals surface area contributed by atoms with Gasteiger partial charge in [0.2, 0.25) is 5.91 Å². The largest absolute Gasteiger partial charge is 0.354 e. The lowest BCUT2D eigenvalue weighted by Crippen LogP contribution is -2.50. The molecular weight excluding hydrogens is 276 g/mol. The van der Waals surface area contributed by atoms with Crippen LogP contribution in [0.1, 0.15) is 61.4 Å². The number of hydrogen-bond donors (Lipinski definition) is 2. The second-order valence-corrected chi connectivity index (χ2v) is 5.97. The van der Waals surface area contributed by atoms with Crippen LogP contribution in [0.25, 0.3) is 0 Å². The summed E-state index contributed by atoms with van der Waals surface area (Å²) in [5, 5.41) is 5.59. The summed E-state index contributed by atoms with van der Waals surface area (Å²) in [4.78, 5) is 23.8. The third kappa shape index (κ3) is 4.86. The Labute approximate surface area is 132 Å². The summed E-state index contributed by atoms with van der Waals surface area (Å²) < 4.78 is 0. The average molecular weight is 302 g/mol. The van der Waals surface area contributed by atoms with E-state index in [2.05, 4.69) is 17.6 Å². The summed E-state index contributed by atoms with van der Waals surface area (Å²) in [5.41, 5.74) is 1.89. The van der Waals surface area contributed by atoms with E-state index in [0.29, 0.717) is 18.5 Å². The van der Waals surface area contributed by atoms with Crippen LogP contribution >= 0.6 is 0 Å². The SMILES string of the molecule is CCCCCCc1ccc(C(=O)N[C@@H]2CCCNC2=O)cc1. The van der Waals surface area contributed by atoms with Crippen LogP contribution < -0.4 is 10.6 Å². The summed E-state index contributed by atoms with van der Waals surface area (Å²) in [6.07, 6.45) is 7.67. The Balaban J connectivity index is 1.84. The molecule has 1 atom stereocenters. The Kier molecular flexibility index (Phi) is 6.44. The molecule has 4 heteroatoms. The van der Waals surface area contributed by atoms with Crippen LogP contribution in [-0.2, 0) is 11.2 Å². The molecule has 0 bridgehead atoms. The van der Waals surface area contributed by atoms with E-state index in [4.69, 9.17) is 0 Å². The fourth-order valence-electron chi connectivity index (χ4n) is 2.73. The molecule has 4 nitrogen and oxygen atoms in total. The fraction of sp³-hybridized carbons (Fsp3) is 0.556. The molecule has 120 valence electrons. The Bertz CT molecular complexity index is 496. The highest BCUT2D eigenvalue weighted by Gasteiger charge is 2.23. The van der Waals surface area contributed by atoms with Gasteiger partial charge in [0.1, 0.15) is 6.04 Å². The Morgan fingerprint density at radius 1 is 1.23 bits per heavy atom. The fourth-order valence-corrected chi connectivity index (χ4v) is 2.73. The van der Waals surface area contributed by atoms with Crippen molar-refractivity contribution in [1.82, 2.24) is 10.6 Å². The van der Waals surface area contributed by atoms with Gasteiger partial charge in [-0.05, 0) is 43.4 Å². The number of rotatable bonds is 7. The Morgan fingerprint density at radius 2 is 2.00 bits per heavy atom. The highest BCUT2D eigenvalue weighted by atomic mass is 16.2. The maximum Gasteiger partial charge on any atom is 0.251 e. The van der Waals surface area contributed by atoms with Crippen LogP contribution in [0, 0.1) is 0 Å². The number of unbranched alkanes of at least 4 members (excludes halogenated alkanes) is 3. The van der Waals surface area contributed by atoms with Crippen molar-refractivity contribution < 1.29 is 9.59 Å². The Hall–Kier alpha value is -1.84. The summed E-state index contributed by atoms with van der Waals surface area (Å²) in [5.74, 6) is -0.244. The monoisotopic (exact) mass is 302 g/mol. The average Bonchev–Trinajstić information content (AvgIpc) is 2.54. The zero-order valence-electron chi connectivity index (χ0n) is 13.4. The third-order valence-electron chi connectivity index (χ3n) is 4.13. The lowest BCUT2D eigenvalue weighted by molar-refractivity contribution is -0.124. The summed E-state index contributed by atoms with van der Waals surface area (Å²) in [6.45, 7) is 2.91. The summed E-state index contributed by atoms with van der Waals surface area (Å²) >= 11 is 0. The van der Waals surface area contributed by atoms with E-state index >= 15 is 0 Å². The van der Waals surface area contributed by atoms with E-state index in [0.717, 1.165) is 12.8 Å². The van der Waals surface area contributed by atoms with Crippen molar-refractivity contribution in [2.45, 2.75) is 57.9 Å². The predicted molar refractivity (Wildman–Crippen MR) is 87.8 cm³/mol. The minimum Gasteiger partial charge on any atom is -0.354 e. The van der Waals surface area contributed by atoms with E-state index in [9.17, 15) is 9.59 Å². The van der Waals surface area contributed by atoms with Gasteiger partial charge in [-0.3, -0.25) is 9.59 Å². The van der Waals surface area contributed by atoms with Crippen LogP contribution in [0.4, 0.5) is 0 Å². The third-order valence-corrected chi connectivity index (χ3v) is 4.13. The summed E-state index contributed by atoms with van der Waals surface area (Å²) in [6, 6.07) is 7.34. The van der Waals surface area contributed by atoms with Gasteiger partial charge in [0.15, 0.2) is 0 Å². The lowest BCUT2D eigenvalue weighted by atomic mass is 10.0. The molecule has 1 aliphatic rings. The van der Waals surface area contributed by atoms with Gasteiger partial charge in [0.25, 0.3) is 5.91 Å². The molecule has 1 fully saturated rings. The second kappa shape index (κ2) is 8.57. The van der Waals surface area contributed by atoms with Crippen LogP contribution in [0.2, 0.25) is 0 Å². The maximum atomic E-state index is 12.2. The van der Waals surface area contributed by atoms with Crippen molar-refractivity contribution in [3.63, 3.8) is 0 Å². The molecule has 0 unspecified atom stereocenters. The highest BCUT2D eigenvalue weighted by molar-refractivity contribution is 5.97. The topological polar surface area (TPSA) is 58.2 Å². The first-order valence-corrected chi connectivity index (χ1v) is 8.38. The number of carbonyl (C=O) groups excluding carboxylic acids is 2. The number of carbonyl (C=O) groups is 2. The zero-order chi connectivity index (χ0) is 15.8. The van der Waals surface area contributed by atoms with Crippen molar-refractivity contribution >= 4 is 11.8 Å². The molecule has 2 amide bonds. The molecular formula is C18H26N2O2. The number of hydrogen-bond acceptors (Lipinski definition) is 2. The second-order valence-electron chi connectivity index (χ2n) is 5.97. The molecule has 1 heterocycles. The van der Waals surface area contributed by atoms with Gasteiger partial charge >= 0.3 is 0 Å². The number of aryl methyl sites for hydroxylation is 1. The van der Waals surface area contributed by atoms with Crippen molar-refractivity contribution in [3.05, 3.63) is 35.4 Å². The normalized spacial score (nSPS) is 17.9. The lowest BCUT2D eigenvalue weighted by Gasteiger charge is -2.22. The Morgan fingerprint density at radius 3 is 2.68 bits per heavy atom. The predicted octanol–water partition coefficient (Wildman–Crippen LogP) is 2.82. The van der Waals surface area contributed by atoms with Crippen molar-refractivity contribution in [2.24, 2.45) is 0 Å². The van der Waals surface area contributed by atoms with Gasteiger partial charge in [-0.2, -0.15) is 0 Å². The van der Waals surface area contributed by atoms with Gasteiger partial charge in [-0.25, -0.2) is 0 Å². The molecule has 0 aliphatic carbocycles. The molecule has 2 rings (SSSR count). The van der Waals surface area contributed by atoms with Gasteiger partial charge < -0.3 is 10.6 Å². The van der Waals surface area contributed by atoms with Gasteiger partial charge in [-0.15, -0.1) is 0 Å². The molecule has 0 saturated carbocycles. The molecule has 2 N–H and O–H groups in total. The molecule has 0 radical (unpaired) electrons. The molecule has 22 heavy (non-hydrogen) atoms. The van der Waals surface area contributed by atoms with E-state index in [1.54, 1.807) is 0 Å². The number of amides is 2. The van der Waals surface area contributed by atoms with Crippen LogP contribution in [-0.4, -0.2) is 24.4 Å². The number of benzene rings is 1. The van der Waals surface area contributed by atoms with Crippen molar-refractivity contribution in [3.8, 4) is 0 Å². The van der Waals surface area contributed by atoms with E-state index in [-0.39, 0.29) is 11.8 Å².